The number of ether oxygens (including phenoxy) is 3. The molecule has 1 unspecified atom stereocenters. The summed E-state index contributed by atoms with van der Waals surface area (Å²) < 4.78 is 29.1. The molecule has 0 aliphatic heterocycles. The van der Waals surface area contributed by atoms with Gasteiger partial charge in [-0.05, 0) is 37.1 Å². The molecule has 0 saturated carbocycles. The van der Waals surface area contributed by atoms with E-state index in [0.717, 1.165) is 23.8 Å². The lowest BCUT2D eigenvalue weighted by Crippen LogP contribution is -2.34. The maximum Gasteiger partial charge on any atom is 0.323 e. The van der Waals surface area contributed by atoms with Crippen molar-refractivity contribution in [1.29, 1.82) is 0 Å². The van der Waals surface area contributed by atoms with Gasteiger partial charge in [-0.2, -0.15) is 0 Å². The molecule has 9 heteroatoms. The van der Waals surface area contributed by atoms with Crippen molar-refractivity contribution in [2.24, 2.45) is 5.73 Å². The van der Waals surface area contributed by atoms with Crippen LogP contribution in [0.4, 0.5) is 10.1 Å². The van der Waals surface area contributed by atoms with Crippen LogP contribution in [0, 0.1) is 15.9 Å². The molecule has 150 valence electrons. The first-order valence-electron chi connectivity index (χ1n) is 8.50. The van der Waals surface area contributed by atoms with Crippen LogP contribution in [-0.4, -0.2) is 30.7 Å². The number of carbonyl (C=O) groups is 1. The van der Waals surface area contributed by atoms with Crippen molar-refractivity contribution in [3.63, 3.8) is 0 Å². The van der Waals surface area contributed by atoms with Gasteiger partial charge in [-0.25, -0.2) is 4.39 Å². The number of esters is 1. The fourth-order valence-electron chi connectivity index (χ4n) is 2.57. The molecular weight excluding hydrogens is 371 g/mol. The van der Waals surface area contributed by atoms with Gasteiger partial charge in [-0.1, -0.05) is 6.07 Å². The third-order valence-electron chi connectivity index (χ3n) is 3.89. The van der Waals surface area contributed by atoms with E-state index >= 15 is 0 Å². The molecule has 0 bridgehead atoms. The van der Waals surface area contributed by atoms with E-state index in [9.17, 15) is 19.3 Å². The van der Waals surface area contributed by atoms with Crippen molar-refractivity contribution in [1.82, 2.24) is 0 Å². The van der Waals surface area contributed by atoms with Crippen LogP contribution < -0.4 is 15.2 Å². The van der Waals surface area contributed by atoms with Gasteiger partial charge in [0.05, 0.1) is 18.6 Å². The van der Waals surface area contributed by atoms with Gasteiger partial charge in [0.25, 0.3) is 0 Å². The summed E-state index contributed by atoms with van der Waals surface area (Å²) in [4.78, 5) is 22.1. The number of hydrogen-bond donors (Lipinski definition) is 1. The number of rotatable bonds is 9. The summed E-state index contributed by atoms with van der Waals surface area (Å²) in [7, 11) is 1.47. The van der Waals surface area contributed by atoms with E-state index in [1.807, 2.05) is 0 Å². The zero-order valence-electron chi connectivity index (χ0n) is 15.5. The highest BCUT2D eigenvalue weighted by molar-refractivity contribution is 5.75. The van der Waals surface area contributed by atoms with E-state index in [4.69, 9.17) is 19.9 Å². The molecule has 2 rings (SSSR count). The van der Waals surface area contributed by atoms with Crippen molar-refractivity contribution < 1.29 is 28.3 Å². The molecule has 0 aliphatic carbocycles. The molecule has 1 atom stereocenters. The van der Waals surface area contributed by atoms with Gasteiger partial charge in [0.15, 0.2) is 5.75 Å². The molecule has 0 aromatic heterocycles. The van der Waals surface area contributed by atoms with E-state index in [1.54, 1.807) is 25.1 Å². The Kier molecular flexibility index (Phi) is 7.28. The summed E-state index contributed by atoms with van der Waals surface area (Å²) in [5.74, 6) is -0.874. The summed E-state index contributed by atoms with van der Waals surface area (Å²) >= 11 is 0. The molecule has 0 spiro atoms. The number of nitrogens with zero attached hydrogens (tertiary/aromatic N) is 1. The average Bonchev–Trinajstić information content (AvgIpc) is 2.66. The molecule has 0 radical (unpaired) electrons. The molecule has 2 aromatic rings. The minimum atomic E-state index is -0.827. The second-order valence-electron chi connectivity index (χ2n) is 5.87. The Morgan fingerprint density at radius 3 is 2.64 bits per heavy atom. The van der Waals surface area contributed by atoms with Crippen LogP contribution >= 0.6 is 0 Å². The quantitative estimate of drug-likeness (QED) is 0.396. The molecular formula is C19H21FN2O6. The average molecular weight is 392 g/mol. The summed E-state index contributed by atoms with van der Waals surface area (Å²) in [6.07, 6.45) is 0.232. The topological polar surface area (TPSA) is 114 Å². The first-order valence-corrected chi connectivity index (χ1v) is 8.50. The number of nitro groups is 1. The number of carbonyl (C=O) groups excluding carboxylic acids is 1. The Bertz CT molecular complexity index is 858. The molecule has 0 saturated heterocycles. The van der Waals surface area contributed by atoms with Crippen molar-refractivity contribution >= 4 is 11.7 Å². The Labute approximate surface area is 161 Å². The van der Waals surface area contributed by atoms with Crippen LogP contribution in [-0.2, 0) is 22.6 Å². The zero-order valence-corrected chi connectivity index (χ0v) is 15.5. The molecule has 0 heterocycles. The largest absolute Gasteiger partial charge is 0.496 e. The molecule has 0 aliphatic rings. The summed E-state index contributed by atoms with van der Waals surface area (Å²) in [6, 6.07) is 7.28. The van der Waals surface area contributed by atoms with E-state index in [2.05, 4.69) is 0 Å². The maximum atomic E-state index is 13.4. The molecule has 0 fully saturated rings. The zero-order chi connectivity index (χ0) is 20.7. The Morgan fingerprint density at radius 2 is 2.00 bits per heavy atom. The van der Waals surface area contributed by atoms with Crippen molar-refractivity contribution in [2.45, 2.75) is 26.0 Å². The number of halogens is 1. The summed E-state index contributed by atoms with van der Waals surface area (Å²) in [5.41, 5.74) is 6.79. The molecule has 28 heavy (non-hydrogen) atoms. The normalized spacial score (nSPS) is 11.6. The van der Waals surface area contributed by atoms with Crippen LogP contribution in [0.1, 0.15) is 18.1 Å². The molecule has 2 aromatic carbocycles. The number of nitrogens with two attached hydrogens (primary N) is 1. The predicted octanol–water partition coefficient (Wildman–Crippen LogP) is 2.75. The fraction of sp³-hybridized carbons (Fsp3) is 0.316. The Balaban J connectivity index is 2.20. The van der Waals surface area contributed by atoms with Gasteiger partial charge in [0, 0.05) is 17.7 Å². The Hall–Kier alpha value is -3.20. The summed E-state index contributed by atoms with van der Waals surface area (Å²) in [6.45, 7) is 1.83. The van der Waals surface area contributed by atoms with Crippen molar-refractivity contribution in [3.8, 4) is 11.5 Å². The number of benzene rings is 2. The first kappa shape index (κ1) is 21.1. The van der Waals surface area contributed by atoms with Gasteiger partial charge in [-0.3, -0.25) is 14.9 Å². The third-order valence-corrected chi connectivity index (χ3v) is 3.89. The number of hydrogen-bond acceptors (Lipinski definition) is 7. The lowest BCUT2D eigenvalue weighted by Gasteiger charge is -2.14. The lowest BCUT2D eigenvalue weighted by atomic mass is 10.0. The highest BCUT2D eigenvalue weighted by atomic mass is 19.1. The predicted molar refractivity (Wildman–Crippen MR) is 98.7 cm³/mol. The van der Waals surface area contributed by atoms with Crippen LogP contribution in [0.5, 0.6) is 11.5 Å². The van der Waals surface area contributed by atoms with E-state index in [1.165, 1.54) is 7.11 Å². The summed E-state index contributed by atoms with van der Waals surface area (Å²) in [5, 5.41) is 11.1. The van der Waals surface area contributed by atoms with Crippen LogP contribution in [0.2, 0.25) is 0 Å². The number of methoxy groups -OCH3 is 1. The lowest BCUT2D eigenvalue weighted by molar-refractivity contribution is -0.386. The fourth-order valence-corrected chi connectivity index (χ4v) is 2.57. The van der Waals surface area contributed by atoms with Crippen molar-refractivity contribution in [2.75, 3.05) is 13.7 Å². The molecule has 8 nitrogen and oxygen atoms in total. The van der Waals surface area contributed by atoms with E-state index < -0.39 is 22.8 Å². The highest BCUT2D eigenvalue weighted by Crippen LogP contribution is 2.30. The van der Waals surface area contributed by atoms with Crippen LogP contribution in [0.25, 0.3) is 0 Å². The second kappa shape index (κ2) is 9.65. The van der Waals surface area contributed by atoms with Gasteiger partial charge in [-0.15, -0.1) is 0 Å². The number of nitro benzene ring substituents is 1. The monoisotopic (exact) mass is 392 g/mol. The van der Waals surface area contributed by atoms with Gasteiger partial charge >= 0.3 is 11.7 Å². The van der Waals surface area contributed by atoms with Gasteiger partial charge in [0.2, 0.25) is 0 Å². The molecule has 2 N–H and O–H groups in total. The minimum Gasteiger partial charge on any atom is -0.496 e. The van der Waals surface area contributed by atoms with Gasteiger partial charge < -0.3 is 19.9 Å². The smallest absolute Gasteiger partial charge is 0.323 e. The Morgan fingerprint density at radius 1 is 1.25 bits per heavy atom. The third kappa shape index (κ3) is 5.40. The SMILES string of the molecule is CCOC(=O)C(N)Cc1ccc(OC)c(COc2cc(F)ccc2[N+](=O)[O-])c1. The molecule has 0 amide bonds. The van der Waals surface area contributed by atoms with E-state index in [-0.39, 0.29) is 31.1 Å². The van der Waals surface area contributed by atoms with Crippen LogP contribution in [0.3, 0.4) is 0 Å². The highest BCUT2D eigenvalue weighted by Gasteiger charge is 2.18. The van der Waals surface area contributed by atoms with Crippen LogP contribution in [0.15, 0.2) is 36.4 Å². The maximum absolute atomic E-state index is 13.4. The van der Waals surface area contributed by atoms with E-state index in [0.29, 0.717) is 11.3 Å². The standard InChI is InChI=1S/C19H21FN2O6/c1-3-27-19(23)15(21)9-12-4-7-17(26-2)13(8-12)11-28-18-10-14(20)5-6-16(18)22(24)25/h4-8,10,15H,3,9,11,21H2,1-2H3. The van der Waals surface area contributed by atoms with Crippen molar-refractivity contribution in [3.05, 3.63) is 63.5 Å². The first-order chi connectivity index (χ1) is 13.3. The minimum absolute atomic E-state index is 0.101. The van der Waals surface area contributed by atoms with Gasteiger partial charge in [0.1, 0.15) is 24.2 Å². The second-order valence-corrected chi connectivity index (χ2v) is 5.87.